The molecule has 0 aromatic heterocycles. The summed E-state index contributed by atoms with van der Waals surface area (Å²) in [4.78, 5) is 24.7. The van der Waals surface area contributed by atoms with Crippen LogP contribution in [0.2, 0.25) is 0 Å². The van der Waals surface area contributed by atoms with E-state index in [9.17, 15) is 9.59 Å². The van der Waals surface area contributed by atoms with Gasteiger partial charge in [-0.05, 0) is 6.42 Å². The summed E-state index contributed by atoms with van der Waals surface area (Å²) < 4.78 is 5.55. The molecule has 1 amide bonds. The highest BCUT2D eigenvalue weighted by molar-refractivity contribution is 7.80. The van der Waals surface area contributed by atoms with Crippen LogP contribution in [-0.2, 0) is 14.3 Å². The largest absolute Gasteiger partial charge is 0.480 e. The van der Waals surface area contributed by atoms with Crippen LogP contribution in [0.15, 0.2) is 0 Å². The van der Waals surface area contributed by atoms with Crippen molar-refractivity contribution in [3.63, 3.8) is 0 Å². The first-order valence-corrected chi connectivity index (χ1v) is 6.90. The van der Waals surface area contributed by atoms with Gasteiger partial charge in [0.2, 0.25) is 5.91 Å². The Hall–Kier alpha value is -0.750. The van der Waals surface area contributed by atoms with Crippen LogP contribution in [0.1, 0.15) is 26.7 Å². The first-order chi connectivity index (χ1) is 8.51. The Morgan fingerprint density at radius 2 is 2.22 bits per heavy atom. The van der Waals surface area contributed by atoms with Crippen LogP contribution in [0.25, 0.3) is 0 Å². The number of amides is 1. The number of nitrogens with zero attached hydrogens (tertiary/aromatic N) is 1. The smallest absolute Gasteiger partial charge is 0.326 e. The second kappa shape index (κ2) is 6.99. The molecule has 1 fully saturated rings. The Morgan fingerprint density at radius 3 is 2.72 bits per heavy atom. The lowest BCUT2D eigenvalue weighted by Gasteiger charge is -2.24. The SMILES string of the molecule is CCCO[C@@H]1C[C@@H](C(=O)O)N(C(=O)C(C)CS)C1. The predicted octanol–water partition coefficient (Wildman–Crippen LogP) is 1.03. The number of carbonyl (C=O) groups excluding carboxylic acids is 1. The zero-order valence-corrected chi connectivity index (χ0v) is 11.7. The molecule has 0 spiro atoms. The average Bonchev–Trinajstić information content (AvgIpc) is 2.78. The van der Waals surface area contributed by atoms with Crippen LogP contribution in [0, 0.1) is 5.92 Å². The third-order valence-corrected chi connectivity index (χ3v) is 3.63. The molecule has 1 aliphatic rings. The van der Waals surface area contributed by atoms with E-state index in [0.29, 0.717) is 25.3 Å². The van der Waals surface area contributed by atoms with Gasteiger partial charge in [0, 0.05) is 31.2 Å². The predicted molar refractivity (Wildman–Crippen MR) is 70.8 cm³/mol. The van der Waals surface area contributed by atoms with E-state index in [1.54, 1.807) is 6.92 Å². The summed E-state index contributed by atoms with van der Waals surface area (Å²) in [5, 5.41) is 9.16. The van der Waals surface area contributed by atoms with E-state index < -0.39 is 12.0 Å². The Balaban J connectivity index is 2.69. The lowest BCUT2D eigenvalue weighted by Crippen LogP contribution is -2.43. The molecular weight excluding hydrogens is 254 g/mol. The summed E-state index contributed by atoms with van der Waals surface area (Å²) in [5.74, 6) is -0.959. The molecule has 1 N–H and O–H groups in total. The molecule has 0 aromatic rings. The second-order valence-corrected chi connectivity index (χ2v) is 5.02. The van der Waals surface area contributed by atoms with Gasteiger partial charge in [-0.1, -0.05) is 13.8 Å². The molecule has 3 atom stereocenters. The van der Waals surface area contributed by atoms with Crippen molar-refractivity contribution >= 4 is 24.5 Å². The van der Waals surface area contributed by atoms with Gasteiger partial charge in [-0.3, -0.25) is 4.79 Å². The molecule has 18 heavy (non-hydrogen) atoms. The Labute approximate surface area is 113 Å². The maximum atomic E-state index is 12.1. The maximum absolute atomic E-state index is 12.1. The molecule has 1 rings (SSSR count). The summed E-state index contributed by atoms with van der Waals surface area (Å²) in [7, 11) is 0. The minimum Gasteiger partial charge on any atom is -0.480 e. The van der Waals surface area contributed by atoms with Crippen LogP contribution in [-0.4, -0.2) is 52.9 Å². The van der Waals surface area contributed by atoms with E-state index in [-0.39, 0.29) is 17.9 Å². The van der Waals surface area contributed by atoms with E-state index >= 15 is 0 Å². The van der Waals surface area contributed by atoms with Crippen molar-refractivity contribution in [2.45, 2.75) is 38.8 Å². The summed E-state index contributed by atoms with van der Waals surface area (Å²) in [5.41, 5.74) is 0. The van der Waals surface area contributed by atoms with Crippen molar-refractivity contribution in [3.8, 4) is 0 Å². The van der Waals surface area contributed by atoms with Gasteiger partial charge in [-0.15, -0.1) is 0 Å². The number of hydrogen-bond acceptors (Lipinski definition) is 4. The highest BCUT2D eigenvalue weighted by atomic mass is 32.1. The zero-order chi connectivity index (χ0) is 13.7. The standard InChI is InChI=1S/C12H21NO4S/c1-3-4-17-9-5-10(12(15)16)13(6-9)11(14)8(2)7-18/h8-10,18H,3-7H2,1-2H3,(H,15,16)/t8?,9-,10+/m1/s1. The van der Waals surface area contributed by atoms with E-state index in [4.69, 9.17) is 9.84 Å². The average molecular weight is 275 g/mol. The Kier molecular flexibility index (Phi) is 5.95. The molecule has 0 bridgehead atoms. The van der Waals surface area contributed by atoms with Crippen molar-refractivity contribution in [2.24, 2.45) is 5.92 Å². The number of carboxylic acid groups (broad SMARTS) is 1. The number of likely N-dealkylation sites (tertiary alicyclic amines) is 1. The van der Waals surface area contributed by atoms with Gasteiger partial charge in [0.25, 0.3) is 0 Å². The first kappa shape index (κ1) is 15.3. The van der Waals surface area contributed by atoms with Gasteiger partial charge < -0.3 is 14.7 Å². The molecule has 6 heteroatoms. The monoisotopic (exact) mass is 275 g/mol. The third-order valence-electron chi connectivity index (χ3n) is 3.08. The summed E-state index contributed by atoms with van der Waals surface area (Å²) in [6.45, 7) is 4.72. The van der Waals surface area contributed by atoms with Crippen LogP contribution in [0.5, 0.6) is 0 Å². The number of thiol groups is 1. The highest BCUT2D eigenvalue weighted by Crippen LogP contribution is 2.23. The highest BCUT2D eigenvalue weighted by Gasteiger charge is 2.41. The molecule has 0 saturated carbocycles. The van der Waals surface area contributed by atoms with Gasteiger partial charge in [0.15, 0.2) is 0 Å². The van der Waals surface area contributed by atoms with Crippen molar-refractivity contribution in [2.75, 3.05) is 18.9 Å². The number of carboxylic acids is 1. The van der Waals surface area contributed by atoms with Crippen LogP contribution in [0.4, 0.5) is 0 Å². The Morgan fingerprint density at radius 1 is 1.56 bits per heavy atom. The molecule has 0 radical (unpaired) electrons. The molecule has 1 aliphatic heterocycles. The topological polar surface area (TPSA) is 66.8 Å². The molecule has 1 saturated heterocycles. The lowest BCUT2D eigenvalue weighted by molar-refractivity contribution is -0.149. The van der Waals surface area contributed by atoms with Gasteiger partial charge >= 0.3 is 5.97 Å². The Bertz CT molecular complexity index is 310. The van der Waals surface area contributed by atoms with Gasteiger partial charge in [-0.2, -0.15) is 12.6 Å². The van der Waals surface area contributed by atoms with E-state index in [1.807, 2.05) is 6.92 Å². The third kappa shape index (κ3) is 3.62. The number of carbonyl (C=O) groups is 2. The second-order valence-electron chi connectivity index (χ2n) is 4.66. The van der Waals surface area contributed by atoms with Gasteiger partial charge in [0.1, 0.15) is 6.04 Å². The van der Waals surface area contributed by atoms with Gasteiger partial charge in [-0.25, -0.2) is 4.79 Å². The van der Waals surface area contributed by atoms with Crippen LogP contribution < -0.4 is 0 Å². The quantitative estimate of drug-likeness (QED) is 0.711. The molecule has 1 unspecified atom stereocenters. The minimum absolute atomic E-state index is 0.153. The lowest BCUT2D eigenvalue weighted by atomic mass is 10.1. The van der Waals surface area contributed by atoms with E-state index in [2.05, 4.69) is 12.6 Å². The van der Waals surface area contributed by atoms with Crippen LogP contribution in [0.3, 0.4) is 0 Å². The van der Waals surface area contributed by atoms with Crippen molar-refractivity contribution in [3.05, 3.63) is 0 Å². The number of aliphatic carboxylic acids is 1. The normalized spacial score (nSPS) is 25.2. The van der Waals surface area contributed by atoms with Crippen molar-refractivity contribution < 1.29 is 19.4 Å². The van der Waals surface area contributed by atoms with Crippen LogP contribution >= 0.6 is 12.6 Å². The summed E-state index contributed by atoms with van der Waals surface area (Å²) in [6, 6.07) is -0.762. The molecular formula is C12H21NO4S. The molecule has 0 aromatic carbocycles. The van der Waals surface area contributed by atoms with Crippen molar-refractivity contribution in [1.82, 2.24) is 4.90 Å². The maximum Gasteiger partial charge on any atom is 0.326 e. The van der Waals surface area contributed by atoms with E-state index in [0.717, 1.165) is 6.42 Å². The van der Waals surface area contributed by atoms with Crippen molar-refractivity contribution in [1.29, 1.82) is 0 Å². The first-order valence-electron chi connectivity index (χ1n) is 6.27. The summed E-state index contributed by atoms with van der Waals surface area (Å²) >= 11 is 4.08. The summed E-state index contributed by atoms with van der Waals surface area (Å²) in [6.07, 6.45) is 1.09. The zero-order valence-electron chi connectivity index (χ0n) is 10.8. The molecule has 104 valence electrons. The molecule has 5 nitrogen and oxygen atoms in total. The fourth-order valence-electron chi connectivity index (χ4n) is 2.04. The van der Waals surface area contributed by atoms with E-state index in [1.165, 1.54) is 4.90 Å². The number of hydrogen-bond donors (Lipinski definition) is 2. The fraction of sp³-hybridized carbons (Fsp3) is 0.833. The van der Waals surface area contributed by atoms with Gasteiger partial charge in [0.05, 0.1) is 6.10 Å². The number of rotatable bonds is 6. The minimum atomic E-state index is -0.961. The molecule has 1 heterocycles. The molecule has 0 aliphatic carbocycles. The number of ether oxygens (including phenoxy) is 1. The fourth-order valence-corrected chi connectivity index (χ4v) is 2.20.